The molecule has 0 aliphatic carbocycles. The molecule has 0 saturated heterocycles. The second-order valence-corrected chi connectivity index (χ2v) is 4.71. The van der Waals surface area contributed by atoms with Crippen molar-refractivity contribution in [2.24, 2.45) is 5.92 Å². The van der Waals surface area contributed by atoms with Gasteiger partial charge in [0.05, 0.1) is 19.8 Å². The van der Waals surface area contributed by atoms with Crippen LogP contribution < -0.4 is 10.2 Å². The lowest BCUT2D eigenvalue weighted by molar-refractivity contribution is 0.0226. The van der Waals surface area contributed by atoms with Crippen LogP contribution in [0.3, 0.4) is 0 Å². The second kappa shape index (κ2) is 6.78. The first kappa shape index (κ1) is 15.0. The molecule has 4 nitrogen and oxygen atoms in total. The Kier molecular flexibility index (Phi) is 5.66. The third kappa shape index (κ3) is 4.01. The zero-order valence-electron chi connectivity index (χ0n) is 11.4. The van der Waals surface area contributed by atoms with Gasteiger partial charge in [-0.2, -0.15) is 0 Å². The molecule has 0 radical (unpaired) electrons. The first-order valence-electron chi connectivity index (χ1n) is 6.10. The molecule has 0 heterocycles. The van der Waals surface area contributed by atoms with Crippen LogP contribution in [0.1, 0.15) is 26.3 Å². The van der Waals surface area contributed by atoms with Gasteiger partial charge in [0.25, 0.3) is 0 Å². The molecule has 1 aromatic rings. The maximum atomic E-state index is 9.15. The van der Waals surface area contributed by atoms with Crippen LogP contribution in [0.15, 0.2) is 18.2 Å². The van der Waals surface area contributed by atoms with Crippen molar-refractivity contribution in [1.82, 2.24) is 0 Å². The van der Waals surface area contributed by atoms with Crippen LogP contribution >= 0.6 is 0 Å². The minimum Gasteiger partial charge on any atom is -0.496 e. The Hall–Kier alpha value is -1.04. The molecule has 5 heteroatoms. The molecule has 0 aliphatic rings. The minimum absolute atomic E-state index is 0.136. The highest BCUT2D eigenvalue weighted by Crippen LogP contribution is 2.19. The van der Waals surface area contributed by atoms with Crippen LogP contribution in [0.5, 0.6) is 5.75 Å². The van der Waals surface area contributed by atoms with Crippen molar-refractivity contribution in [3.05, 3.63) is 23.8 Å². The van der Waals surface area contributed by atoms with Crippen molar-refractivity contribution in [2.75, 3.05) is 7.11 Å². The molecule has 0 aliphatic heterocycles. The average molecular weight is 252 g/mol. The Morgan fingerprint density at radius 1 is 1.22 bits per heavy atom. The fourth-order valence-electron chi connectivity index (χ4n) is 1.49. The van der Waals surface area contributed by atoms with Gasteiger partial charge in [-0.05, 0) is 24.4 Å². The van der Waals surface area contributed by atoms with Crippen LogP contribution in [-0.4, -0.2) is 30.4 Å². The highest BCUT2D eigenvalue weighted by molar-refractivity contribution is 6.58. The van der Waals surface area contributed by atoms with E-state index in [1.54, 1.807) is 25.3 Å². The molecule has 2 N–H and O–H groups in total. The largest absolute Gasteiger partial charge is 0.496 e. The molecule has 1 atom stereocenters. The van der Waals surface area contributed by atoms with Gasteiger partial charge in [0.2, 0.25) is 0 Å². The van der Waals surface area contributed by atoms with Crippen LogP contribution in [0, 0.1) is 5.92 Å². The molecule has 0 fully saturated rings. The number of hydrogen-bond acceptors (Lipinski definition) is 4. The number of hydrogen-bond donors (Lipinski definition) is 2. The van der Waals surface area contributed by atoms with Crippen molar-refractivity contribution >= 4 is 12.6 Å². The molecule has 0 bridgehead atoms. The second-order valence-electron chi connectivity index (χ2n) is 4.71. The lowest BCUT2D eigenvalue weighted by Gasteiger charge is -2.18. The van der Waals surface area contributed by atoms with Crippen molar-refractivity contribution in [1.29, 1.82) is 0 Å². The van der Waals surface area contributed by atoms with Gasteiger partial charge in [-0.15, -0.1) is 0 Å². The van der Waals surface area contributed by atoms with Gasteiger partial charge in [0.15, 0.2) is 0 Å². The Labute approximate surface area is 109 Å². The van der Waals surface area contributed by atoms with Gasteiger partial charge < -0.3 is 19.5 Å². The van der Waals surface area contributed by atoms with Crippen LogP contribution in [0.2, 0.25) is 0 Å². The lowest BCUT2D eigenvalue weighted by Crippen LogP contribution is -2.30. The predicted molar refractivity (Wildman–Crippen MR) is 71.9 cm³/mol. The third-order valence-corrected chi connectivity index (χ3v) is 3.04. The van der Waals surface area contributed by atoms with E-state index in [4.69, 9.17) is 19.5 Å². The van der Waals surface area contributed by atoms with Crippen molar-refractivity contribution < 1.29 is 19.5 Å². The molecule has 1 rings (SSSR count). The van der Waals surface area contributed by atoms with E-state index >= 15 is 0 Å². The summed E-state index contributed by atoms with van der Waals surface area (Å²) in [4.78, 5) is 0. The number of rotatable bonds is 6. The maximum Gasteiger partial charge on any atom is 0.488 e. The zero-order chi connectivity index (χ0) is 13.7. The maximum absolute atomic E-state index is 9.15. The average Bonchev–Trinajstić information content (AvgIpc) is 2.35. The highest BCUT2D eigenvalue weighted by atomic mass is 16.5. The van der Waals surface area contributed by atoms with Gasteiger partial charge in [-0.3, -0.25) is 0 Å². The molecule has 100 valence electrons. The van der Waals surface area contributed by atoms with E-state index in [0.29, 0.717) is 23.7 Å². The molecular weight excluding hydrogens is 231 g/mol. The first-order chi connectivity index (χ1) is 8.45. The summed E-state index contributed by atoms with van der Waals surface area (Å²) < 4.78 is 11.0. The van der Waals surface area contributed by atoms with Gasteiger partial charge in [0, 0.05) is 5.56 Å². The smallest absolute Gasteiger partial charge is 0.488 e. The summed E-state index contributed by atoms with van der Waals surface area (Å²) in [5.74, 6) is 1.12. The normalized spacial score (nSPS) is 12.6. The monoisotopic (exact) mass is 252 g/mol. The summed E-state index contributed by atoms with van der Waals surface area (Å²) in [6, 6.07) is 5.03. The van der Waals surface area contributed by atoms with Gasteiger partial charge in [-0.1, -0.05) is 26.0 Å². The number of ether oxygens (including phenoxy) is 2. The first-order valence-corrected chi connectivity index (χ1v) is 6.10. The van der Waals surface area contributed by atoms with Crippen LogP contribution in [-0.2, 0) is 11.3 Å². The van der Waals surface area contributed by atoms with Crippen molar-refractivity contribution in [3.63, 3.8) is 0 Å². The van der Waals surface area contributed by atoms with Crippen LogP contribution in [0.4, 0.5) is 0 Å². The SMILES string of the molecule is COc1ccc(B(O)O)cc1COC(C)C(C)C. The fourth-order valence-corrected chi connectivity index (χ4v) is 1.49. The predicted octanol–water partition coefficient (Wildman–Crippen LogP) is 0.936. The van der Waals surface area contributed by atoms with Crippen molar-refractivity contribution in [3.8, 4) is 5.75 Å². The summed E-state index contributed by atoms with van der Waals surface area (Å²) >= 11 is 0. The Bertz CT molecular complexity index is 379. The number of benzene rings is 1. The molecule has 1 aromatic carbocycles. The molecule has 0 aromatic heterocycles. The Morgan fingerprint density at radius 2 is 1.89 bits per heavy atom. The molecule has 1 unspecified atom stereocenters. The molecule has 0 amide bonds. The summed E-state index contributed by atoms with van der Waals surface area (Å²) in [6.07, 6.45) is 0.136. The minimum atomic E-state index is -1.47. The van der Waals surface area contributed by atoms with Crippen LogP contribution in [0.25, 0.3) is 0 Å². The summed E-state index contributed by atoms with van der Waals surface area (Å²) in [5.41, 5.74) is 1.25. The van der Waals surface area contributed by atoms with Gasteiger partial charge >= 0.3 is 7.12 Å². The molecule has 0 spiro atoms. The summed E-state index contributed by atoms with van der Waals surface area (Å²) in [5, 5.41) is 18.3. The van der Waals surface area contributed by atoms with Gasteiger partial charge in [-0.25, -0.2) is 0 Å². The molecular formula is C13H21BO4. The Balaban J connectivity index is 2.81. The summed E-state index contributed by atoms with van der Waals surface area (Å²) in [6.45, 7) is 6.59. The third-order valence-electron chi connectivity index (χ3n) is 3.04. The standard InChI is InChI=1S/C13H21BO4/c1-9(2)10(3)18-8-11-7-12(14(15)16)5-6-13(11)17-4/h5-7,9-10,15-16H,8H2,1-4H3. The lowest BCUT2D eigenvalue weighted by atomic mass is 9.79. The van der Waals surface area contributed by atoms with E-state index in [0.717, 1.165) is 5.56 Å². The topological polar surface area (TPSA) is 58.9 Å². The van der Waals surface area contributed by atoms with E-state index in [-0.39, 0.29) is 6.10 Å². The zero-order valence-corrected chi connectivity index (χ0v) is 11.4. The van der Waals surface area contributed by atoms with Gasteiger partial charge in [0.1, 0.15) is 5.75 Å². The quantitative estimate of drug-likeness (QED) is 0.739. The van der Waals surface area contributed by atoms with E-state index in [2.05, 4.69) is 13.8 Å². The van der Waals surface area contributed by atoms with Crippen molar-refractivity contribution in [2.45, 2.75) is 33.5 Å². The van der Waals surface area contributed by atoms with E-state index in [9.17, 15) is 0 Å². The molecule has 18 heavy (non-hydrogen) atoms. The molecule has 0 saturated carbocycles. The van der Waals surface area contributed by atoms with E-state index < -0.39 is 7.12 Å². The van der Waals surface area contributed by atoms with E-state index in [1.807, 2.05) is 6.92 Å². The van der Waals surface area contributed by atoms with E-state index in [1.165, 1.54) is 0 Å². The highest BCUT2D eigenvalue weighted by Gasteiger charge is 2.15. The Morgan fingerprint density at radius 3 is 2.39 bits per heavy atom. The summed E-state index contributed by atoms with van der Waals surface area (Å²) in [7, 11) is 0.108. The number of methoxy groups -OCH3 is 1. The fraction of sp³-hybridized carbons (Fsp3) is 0.538.